The lowest BCUT2D eigenvalue weighted by Crippen LogP contribution is -2.22. The van der Waals surface area contributed by atoms with Gasteiger partial charge in [-0.1, -0.05) is 34.6 Å². The number of hydrogen-bond acceptors (Lipinski definition) is 1. The lowest BCUT2D eigenvalue weighted by atomic mass is 9.77. The van der Waals surface area contributed by atoms with Gasteiger partial charge in [-0.25, -0.2) is 0 Å². The van der Waals surface area contributed by atoms with Crippen molar-refractivity contribution in [2.45, 2.75) is 41.0 Å². The highest BCUT2D eigenvalue weighted by Crippen LogP contribution is 2.30. The molecule has 2 atom stereocenters. The highest BCUT2D eigenvalue weighted by atomic mass is 16.4. The molecule has 2 nitrogen and oxygen atoms in total. The number of carboxylic acid groups (broad SMARTS) is 1. The molecule has 0 aliphatic rings. The zero-order valence-corrected chi connectivity index (χ0v) is 8.72. The first kappa shape index (κ1) is 11.5. The molecule has 0 unspecified atom stereocenters. The van der Waals surface area contributed by atoms with E-state index in [9.17, 15) is 4.79 Å². The van der Waals surface area contributed by atoms with Crippen LogP contribution in [0.5, 0.6) is 0 Å². The molecular weight excluding hydrogens is 152 g/mol. The van der Waals surface area contributed by atoms with Crippen molar-refractivity contribution in [3.05, 3.63) is 0 Å². The molecular formula is C10H20O2. The Balaban J connectivity index is 4.01. The first-order valence-corrected chi connectivity index (χ1v) is 4.48. The van der Waals surface area contributed by atoms with Crippen LogP contribution in [0.4, 0.5) is 0 Å². The third kappa shape index (κ3) is 3.74. The first-order chi connectivity index (χ1) is 5.25. The van der Waals surface area contributed by atoms with Gasteiger partial charge in [0.05, 0.1) is 5.92 Å². The molecule has 0 heterocycles. The summed E-state index contributed by atoms with van der Waals surface area (Å²) in [5.74, 6) is -0.464. The summed E-state index contributed by atoms with van der Waals surface area (Å²) in [6.45, 7) is 10.3. The van der Waals surface area contributed by atoms with Gasteiger partial charge in [-0.05, 0) is 17.8 Å². The van der Waals surface area contributed by atoms with Crippen molar-refractivity contribution >= 4 is 5.97 Å². The van der Waals surface area contributed by atoms with Gasteiger partial charge >= 0.3 is 5.97 Å². The maximum atomic E-state index is 10.6. The minimum absolute atomic E-state index is 0.212. The van der Waals surface area contributed by atoms with Crippen LogP contribution in [0.2, 0.25) is 0 Å². The largest absolute Gasteiger partial charge is 0.481 e. The van der Waals surface area contributed by atoms with E-state index < -0.39 is 5.97 Å². The van der Waals surface area contributed by atoms with Crippen LogP contribution in [0.1, 0.15) is 41.0 Å². The van der Waals surface area contributed by atoms with Crippen LogP contribution in [-0.4, -0.2) is 11.1 Å². The van der Waals surface area contributed by atoms with Gasteiger partial charge in [0.25, 0.3) is 0 Å². The van der Waals surface area contributed by atoms with Gasteiger partial charge in [-0.3, -0.25) is 4.79 Å². The summed E-state index contributed by atoms with van der Waals surface area (Å²) >= 11 is 0. The third-order valence-corrected chi connectivity index (χ3v) is 2.61. The van der Waals surface area contributed by atoms with Crippen LogP contribution in [-0.2, 0) is 4.79 Å². The summed E-state index contributed by atoms with van der Waals surface area (Å²) in [5.41, 5.74) is 0.212. The van der Waals surface area contributed by atoms with Gasteiger partial charge < -0.3 is 5.11 Å². The van der Waals surface area contributed by atoms with E-state index in [1.165, 1.54) is 0 Å². The zero-order valence-electron chi connectivity index (χ0n) is 8.72. The van der Waals surface area contributed by atoms with Crippen LogP contribution < -0.4 is 0 Å². The summed E-state index contributed by atoms with van der Waals surface area (Å²) in [6, 6.07) is 0. The van der Waals surface area contributed by atoms with E-state index in [2.05, 4.69) is 27.7 Å². The highest BCUT2D eigenvalue weighted by Gasteiger charge is 2.24. The molecule has 0 aliphatic carbocycles. The monoisotopic (exact) mass is 172 g/mol. The summed E-state index contributed by atoms with van der Waals surface area (Å²) in [5, 5.41) is 8.70. The smallest absolute Gasteiger partial charge is 0.306 e. The zero-order chi connectivity index (χ0) is 9.94. The highest BCUT2D eigenvalue weighted by molar-refractivity contribution is 5.69. The molecule has 0 saturated heterocycles. The van der Waals surface area contributed by atoms with Crippen LogP contribution in [0, 0.1) is 17.3 Å². The van der Waals surface area contributed by atoms with E-state index in [-0.39, 0.29) is 11.3 Å². The molecule has 0 aromatic heterocycles. The first-order valence-electron chi connectivity index (χ1n) is 4.48. The molecule has 0 aliphatic heterocycles. The predicted octanol–water partition coefficient (Wildman–Crippen LogP) is 2.78. The van der Waals surface area contributed by atoms with E-state index >= 15 is 0 Å². The molecule has 1 N–H and O–H groups in total. The molecule has 0 amide bonds. The van der Waals surface area contributed by atoms with Crippen molar-refractivity contribution in [3.63, 3.8) is 0 Å². The van der Waals surface area contributed by atoms with E-state index in [1.54, 1.807) is 6.92 Å². The summed E-state index contributed by atoms with van der Waals surface area (Å²) in [6.07, 6.45) is 0.763. The molecule has 0 bridgehead atoms. The fraction of sp³-hybridized carbons (Fsp3) is 0.900. The summed E-state index contributed by atoms with van der Waals surface area (Å²) in [4.78, 5) is 10.6. The van der Waals surface area contributed by atoms with Crippen molar-refractivity contribution < 1.29 is 9.90 Å². The molecule has 0 rings (SSSR count). The minimum Gasteiger partial charge on any atom is -0.481 e. The number of rotatable bonds is 3. The molecule has 0 radical (unpaired) electrons. The lowest BCUT2D eigenvalue weighted by Gasteiger charge is -2.28. The molecule has 2 heteroatoms. The number of carboxylic acids is 1. The average molecular weight is 172 g/mol. The van der Waals surface area contributed by atoms with E-state index in [4.69, 9.17) is 5.11 Å². The quantitative estimate of drug-likeness (QED) is 0.710. The molecule has 0 aromatic carbocycles. The molecule has 0 fully saturated rings. The minimum atomic E-state index is -0.689. The van der Waals surface area contributed by atoms with E-state index in [0.717, 1.165) is 6.42 Å². The van der Waals surface area contributed by atoms with Crippen molar-refractivity contribution in [2.75, 3.05) is 0 Å². The maximum Gasteiger partial charge on any atom is 0.306 e. The third-order valence-electron chi connectivity index (χ3n) is 2.61. The Kier molecular flexibility index (Phi) is 3.75. The van der Waals surface area contributed by atoms with E-state index in [0.29, 0.717) is 5.92 Å². The Morgan fingerprint density at radius 3 is 2.00 bits per heavy atom. The molecule has 12 heavy (non-hydrogen) atoms. The molecule has 0 aromatic rings. The molecule has 0 spiro atoms. The van der Waals surface area contributed by atoms with Gasteiger partial charge in [-0.2, -0.15) is 0 Å². The van der Waals surface area contributed by atoms with Gasteiger partial charge in [-0.15, -0.1) is 0 Å². The maximum absolute atomic E-state index is 10.6. The van der Waals surface area contributed by atoms with Crippen molar-refractivity contribution in [1.82, 2.24) is 0 Å². The fourth-order valence-electron chi connectivity index (χ4n) is 0.985. The SMILES string of the molecule is C[C@H](C[C@@H](C)C(C)(C)C)C(=O)O. The van der Waals surface area contributed by atoms with Gasteiger partial charge in [0.2, 0.25) is 0 Å². The Morgan fingerprint density at radius 1 is 1.33 bits per heavy atom. The van der Waals surface area contributed by atoms with Crippen molar-refractivity contribution in [2.24, 2.45) is 17.3 Å². The van der Waals surface area contributed by atoms with Crippen LogP contribution >= 0.6 is 0 Å². The van der Waals surface area contributed by atoms with Crippen LogP contribution in [0.15, 0.2) is 0 Å². The van der Waals surface area contributed by atoms with Crippen molar-refractivity contribution in [1.29, 1.82) is 0 Å². The Hall–Kier alpha value is -0.530. The van der Waals surface area contributed by atoms with Gasteiger partial charge in [0, 0.05) is 0 Å². The Morgan fingerprint density at radius 2 is 1.75 bits per heavy atom. The predicted molar refractivity (Wildman–Crippen MR) is 50.0 cm³/mol. The Labute approximate surface area is 75.0 Å². The van der Waals surface area contributed by atoms with Crippen molar-refractivity contribution in [3.8, 4) is 0 Å². The molecule has 0 saturated carbocycles. The van der Waals surface area contributed by atoms with Crippen LogP contribution in [0.3, 0.4) is 0 Å². The standard InChI is InChI=1S/C10H20O2/c1-7(9(11)12)6-8(2)10(3,4)5/h7-8H,6H2,1-5H3,(H,11,12)/t7-,8-/m1/s1. The number of carbonyl (C=O) groups is 1. The van der Waals surface area contributed by atoms with Crippen LogP contribution in [0.25, 0.3) is 0 Å². The Bertz CT molecular complexity index is 156. The number of aliphatic carboxylic acids is 1. The summed E-state index contributed by atoms with van der Waals surface area (Å²) in [7, 11) is 0. The second kappa shape index (κ2) is 3.92. The topological polar surface area (TPSA) is 37.3 Å². The fourth-order valence-corrected chi connectivity index (χ4v) is 0.985. The average Bonchev–Trinajstić information content (AvgIpc) is 1.85. The summed E-state index contributed by atoms with van der Waals surface area (Å²) < 4.78 is 0. The second-order valence-electron chi connectivity index (χ2n) is 4.74. The lowest BCUT2D eigenvalue weighted by molar-refractivity contribution is -0.141. The van der Waals surface area contributed by atoms with Gasteiger partial charge in [0.1, 0.15) is 0 Å². The van der Waals surface area contributed by atoms with E-state index in [1.807, 2.05) is 0 Å². The molecule has 72 valence electrons. The van der Waals surface area contributed by atoms with Gasteiger partial charge in [0.15, 0.2) is 0 Å². The normalized spacial score (nSPS) is 17.1. The second-order valence-corrected chi connectivity index (χ2v) is 4.74. The number of hydrogen-bond donors (Lipinski definition) is 1.